The zero-order valence-electron chi connectivity index (χ0n) is 16.4. The number of aromatic nitrogens is 5. The lowest BCUT2D eigenvalue weighted by atomic mass is 10.2. The summed E-state index contributed by atoms with van der Waals surface area (Å²) in [5.41, 5.74) is 3.39. The molecule has 2 aromatic carbocycles. The van der Waals surface area contributed by atoms with Gasteiger partial charge in [0.1, 0.15) is 5.82 Å². The van der Waals surface area contributed by atoms with E-state index in [9.17, 15) is 4.79 Å². The number of thioether (sulfide) groups is 1. The van der Waals surface area contributed by atoms with Crippen molar-refractivity contribution in [2.24, 2.45) is 0 Å². The van der Waals surface area contributed by atoms with E-state index in [0.717, 1.165) is 22.6 Å². The van der Waals surface area contributed by atoms with E-state index < -0.39 is 0 Å². The van der Waals surface area contributed by atoms with Gasteiger partial charge in [-0.2, -0.15) is 5.10 Å². The Labute approximate surface area is 182 Å². The Balaban J connectivity index is 1.38. The first-order chi connectivity index (χ1) is 15.3. The van der Waals surface area contributed by atoms with E-state index in [2.05, 4.69) is 15.5 Å². The largest absolute Gasteiger partial charge is 0.310 e. The van der Waals surface area contributed by atoms with Crippen molar-refractivity contribution in [1.29, 1.82) is 0 Å². The fraction of sp³-hybridized carbons (Fsp3) is 0.0435. The predicted octanol–water partition coefficient (Wildman–Crippen LogP) is 4.31. The van der Waals surface area contributed by atoms with Crippen molar-refractivity contribution < 1.29 is 4.79 Å². The van der Waals surface area contributed by atoms with Crippen molar-refractivity contribution in [2.75, 3.05) is 11.1 Å². The first-order valence-corrected chi connectivity index (χ1v) is 10.7. The van der Waals surface area contributed by atoms with Crippen molar-refractivity contribution in [1.82, 2.24) is 24.4 Å². The Morgan fingerprint density at radius 1 is 0.903 bits per heavy atom. The van der Waals surface area contributed by atoms with Gasteiger partial charge in [0.25, 0.3) is 0 Å². The number of fused-ring (bicyclic) bond motifs is 1. The van der Waals surface area contributed by atoms with Crippen molar-refractivity contribution >= 4 is 29.1 Å². The van der Waals surface area contributed by atoms with E-state index in [1.807, 2.05) is 95.5 Å². The van der Waals surface area contributed by atoms with Crippen LogP contribution >= 0.6 is 11.8 Å². The third-order valence-electron chi connectivity index (χ3n) is 4.66. The molecule has 0 fully saturated rings. The summed E-state index contributed by atoms with van der Waals surface area (Å²) in [5, 5.41) is 16.7. The quantitative estimate of drug-likeness (QED) is 0.409. The van der Waals surface area contributed by atoms with Crippen molar-refractivity contribution in [3.8, 4) is 16.9 Å². The van der Waals surface area contributed by atoms with Crippen molar-refractivity contribution in [2.45, 2.75) is 5.16 Å². The van der Waals surface area contributed by atoms with Gasteiger partial charge < -0.3 is 5.32 Å². The van der Waals surface area contributed by atoms with Gasteiger partial charge in [0.2, 0.25) is 5.91 Å². The van der Waals surface area contributed by atoms with E-state index in [1.54, 1.807) is 4.68 Å². The third kappa shape index (κ3) is 4.06. The minimum absolute atomic E-state index is 0.144. The van der Waals surface area contributed by atoms with Crippen LogP contribution in [0.4, 0.5) is 5.82 Å². The number of hydrogen-bond acceptors (Lipinski definition) is 5. The Hall–Kier alpha value is -3.91. The molecule has 1 amide bonds. The van der Waals surface area contributed by atoms with Crippen LogP contribution in [0.15, 0.2) is 96.3 Å². The second-order valence-electron chi connectivity index (χ2n) is 6.78. The maximum absolute atomic E-state index is 12.7. The number of hydrogen-bond donors (Lipinski definition) is 1. The summed E-state index contributed by atoms with van der Waals surface area (Å²) in [6.07, 6.45) is 1.88. The highest BCUT2D eigenvalue weighted by atomic mass is 32.2. The number of rotatable bonds is 6. The van der Waals surface area contributed by atoms with Crippen LogP contribution < -0.4 is 5.32 Å². The highest BCUT2D eigenvalue weighted by Gasteiger charge is 2.15. The standard InChI is InChI=1S/C23H18N6OS/c30-22(16-31-23-26-25-20-13-7-8-14-28(20)23)24-21-15-19(17-9-3-1-4-10-17)27-29(21)18-11-5-2-6-12-18/h1-15H,16H2,(H,24,30). The normalized spacial score (nSPS) is 11.0. The fourth-order valence-electron chi connectivity index (χ4n) is 3.21. The van der Waals surface area contributed by atoms with Crippen LogP contribution in [-0.4, -0.2) is 36.0 Å². The zero-order valence-corrected chi connectivity index (χ0v) is 17.2. The molecule has 0 aliphatic carbocycles. The summed E-state index contributed by atoms with van der Waals surface area (Å²) in [6.45, 7) is 0. The second-order valence-corrected chi connectivity index (χ2v) is 7.72. The van der Waals surface area contributed by atoms with Gasteiger partial charge in [-0.3, -0.25) is 9.20 Å². The van der Waals surface area contributed by atoms with Crippen LogP contribution in [0.1, 0.15) is 0 Å². The predicted molar refractivity (Wildman–Crippen MR) is 121 cm³/mol. The molecule has 0 saturated carbocycles. The van der Waals surface area contributed by atoms with E-state index in [-0.39, 0.29) is 11.7 Å². The molecule has 0 unspecified atom stereocenters. The van der Waals surface area contributed by atoms with Gasteiger partial charge in [0, 0.05) is 17.8 Å². The number of nitrogens with zero attached hydrogens (tertiary/aromatic N) is 5. The molecule has 0 aliphatic heterocycles. The highest BCUT2D eigenvalue weighted by Crippen LogP contribution is 2.25. The Kier molecular flexibility index (Phi) is 5.20. The first kappa shape index (κ1) is 19.1. The number of anilines is 1. The fourth-order valence-corrected chi connectivity index (χ4v) is 3.94. The van der Waals surface area contributed by atoms with Crippen LogP contribution in [0.2, 0.25) is 0 Å². The van der Waals surface area contributed by atoms with Gasteiger partial charge in [-0.15, -0.1) is 10.2 Å². The van der Waals surface area contributed by atoms with Crippen molar-refractivity contribution in [3.05, 3.63) is 91.1 Å². The van der Waals surface area contributed by atoms with Crippen molar-refractivity contribution in [3.63, 3.8) is 0 Å². The summed E-state index contributed by atoms with van der Waals surface area (Å²) in [7, 11) is 0. The Morgan fingerprint density at radius 3 is 2.45 bits per heavy atom. The molecule has 8 heteroatoms. The molecule has 7 nitrogen and oxygen atoms in total. The zero-order chi connectivity index (χ0) is 21.0. The minimum atomic E-state index is -0.144. The summed E-state index contributed by atoms with van der Waals surface area (Å²) < 4.78 is 3.61. The average Bonchev–Trinajstić information content (AvgIpc) is 3.43. The molecule has 0 radical (unpaired) electrons. The van der Waals surface area contributed by atoms with Crippen LogP contribution in [0.25, 0.3) is 22.6 Å². The molecular weight excluding hydrogens is 408 g/mol. The van der Waals surface area contributed by atoms with E-state index >= 15 is 0 Å². The number of para-hydroxylation sites is 1. The van der Waals surface area contributed by atoms with Gasteiger partial charge in [0.05, 0.1) is 17.1 Å². The minimum Gasteiger partial charge on any atom is -0.310 e. The lowest BCUT2D eigenvalue weighted by molar-refractivity contribution is -0.113. The van der Waals surface area contributed by atoms with Gasteiger partial charge in [-0.1, -0.05) is 66.4 Å². The summed E-state index contributed by atoms with van der Waals surface area (Å²) >= 11 is 1.34. The van der Waals surface area contributed by atoms with Crippen LogP contribution in [0.3, 0.4) is 0 Å². The number of pyridine rings is 1. The molecule has 152 valence electrons. The van der Waals surface area contributed by atoms with Gasteiger partial charge in [-0.05, 0) is 24.3 Å². The van der Waals surface area contributed by atoms with E-state index in [0.29, 0.717) is 11.0 Å². The Morgan fingerprint density at radius 2 is 1.65 bits per heavy atom. The molecule has 31 heavy (non-hydrogen) atoms. The average molecular weight is 427 g/mol. The van der Waals surface area contributed by atoms with E-state index in [1.165, 1.54) is 11.8 Å². The lowest BCUT2D eigenvalue weighted by Crippen LogP contribution is -2.17. The maximum Gasteiger partial charge on any atom is 0.236 e. The second kappa shape index (κ2) is 8.45. The molecule has 1 N–H and O–H groups in total. The molecule has 3 heterocycles. The number of benzene rings is 2. The number of amides is 1. The summed E-state index contributed by atoms with van der Waals surface area (Å²) in [5.74, 6) is 0.673. The van der Waals surface area contributed by atoms with Crippen LogP contribution in [0.5, 0.6) is 0 Å². The maximum atomic E-state index is 12.7. The number of carbonyl (C=O) groups is 1. The van der Waals surface area contributed by atoms with E-state index in [4.69, 9.17) is 5.10 Å². The lowest BCUT2D eigenvalue weighted by Gasteiger charge is -2.08. The van der Waals surface area contributed by atoms with Crippen LogP contribution in [-0.2, 0) is 4.79 Å². The van der Waals surface area contributed by atoms with Gasteiger partial charge >= 0.3 is 0 Å². The molecule has 0 aliphatic rings. The number of carbonyl (C=O) groups excluding carboxylic acids is 1. The molecule has 5 rings (SSSR count). The third-order valence-corrected chi connectivity index (χ3v) is 5.61. The molecule has 5 aromatic rings. The first-order valence-electron chi connectivity index (χ1n) is 9.71. The highest BCUT2D eigenvalue weighted by molar-refractivity contribution is 7.99. The summed E-state index contributed by atoms with van der Waals surface area (Å²) in [4.78, 5) is 12.7. The monoisotopic (exact) mass is 426 g/mol. The number of nitrogens with one attached hydrogen (secondary N) is 1. The van der Waals surface area contributed by atoms with Gasteiger partial charge in [0.15, 0.2) is 10.8 Å². The molecule has 3 aromatic heterocycles. The Bertz CT molecular complexity index is 1330. The molecule has 0 bridgehead atoms. The topological polar surface area (TPSA) is 77.1 Å². The van der Waals surface area contributed by atoms with Gasteiger partial charge in [-0.25, -0.2) is 4.68 Å². The smallest absolute Gasteiger partial charge is 0.236 e. The SMILES string of the molecule is O=C(CSc1nnc2ccccn12)Nc1cc(-c2ccccc2)nn1-c1ccccc1. The molecular formula is C23H18N6OS. The molecule has 0 atom stereocenters. The molecule has 0 spiro atoms. The summed E-state index contributed by atoms with van der Waals surface area (Å²) in [6, 6.07) is 27.2. The molecule has 0 saturated heterocycles. The van der Waals surface area contributed by atoms with Crippen LogP contribution in [0, 0.1) is 0 Å².